The van der Waals surface area contributed by atoms with E-state index in [0.29, 0.717) is 13.0 Å². The van der Waals surface area contributed by atoms with Gasteiger partial charge in [-0.15, -0.1) is 11.3 Å². The van der Waals surface area contributed by atoms with Crippen molar-refractivity contribution < 1.29 is 4.79 Å². The molecule has 3 aromatic rings. The lowest BCUT2D eigenvalue weighted by Crippen LogP contribution is -2.32. The third-order valence-electron chi connectivity index (χ3n) is 4.36. The Morgan fingerprint density at radius 2 is 1.81 bits per heavy atom. The van der Waals surface area contributed by atoms with Crippen molar-refractivity contribution in [2.24, 2.45) is 0 Å². The van der Waals surface area contributed by atoms with Crippen LogP contribution in [0.4, 0.5) is 0 Å². The summed E-state index contributed by atoms with van der Waals surface area (Å²) < 4.78 is 0. The Kier molecular flexibility index (Phi) is 6.96. The minimum Gasteiger partial charge on any atom is -0.338 e. The van der Waals surface area contributed by atoms with Gasteiger partial charge >= 0.3 is 0 Å². The van der Waals surface area contributed by atoms with Crippen LogP contribution < -0.4 is 0 Å². The monoisotopic (exact) mass is 364 g/mol. The molecule has 26 heavy (non-hydrogen) atoms. The van der Waals surface area contributed by atoms with Crippen molar-refractivity contribution in [3.05, 3.63) is 88.4 Å². The van der Waals surface area contributed by atoms with Crippen LogP contribution in [0.25, 0.3) is 0 Å². The van der Waals surface area contributed by atoms with Gasteiger partial charge in [0.25, 0.3) is 0 Å². The number of pyridine rings is 1. The summed E-state index contributed by atoms with van der Waals surface area (Å²) in [5.74, 6) is 0.223. The Bertz CT molecular complexity index is 772. The number of rotatable bonds is 9. The molecule has 0 aliphatic rings. The molecule has 0 N–H and O–H groups in total. The van der Waals surface area contributed by atoms with E-state index in [0.717, 1.165) is 31.4 Å². The average Bonchev–Trinajstić information content (AvgIpc) is 3.20. The standard InChI is InChI=1S/C22H24N2OS/c25-22(12-4-9-19-7-2-1-3-8-19)24(15-13-21-11-6-16-26-21)18-20-10-5-14-23-17-20/h1-3,5-8,10-11,14,16-17H,4,9,12-13,15,18H2. The Balaban J connectivity index is 1.56. The SMILES string of the molecule is O=C(CCCc1ccccc1)N(CCc1cccs1)Cc1cccnc1. The van der Waals surface area contributed by atoms with Crippen molar-refractivity contribution in [2.75, 3.05) is 6.54 Å². The summed E-state index contributed by atoms with van der Waals surface area (Å²) in [6.45, 7) is 1.38. The number of carbonyl (C=O) groups is 1. The maximum atomic E-state index is 12.8. The highest BCUT2D eigenvalue weighted by atomic mass is 32.1. The molecule has 0 bridgehead atoms. The van der Waals surface area contributed by atoms with E-state index in [1.54, 1.807) is 17.5 Å². The van der Waals surface area contributed by atoms with E-state index >= 15 is 0 Å². The molecule has 0 radical (unpaired) electrons. The number of amides is 1. The summed E-state index contributed by atoms with van der Waals surface area (Å²) in [7, 11) is 0. The fourth-order valence-corrected chi connectivity index (χ4v) is 3.65. The largest absolute Gasteiger partial charge is 0.338 e. The van der Waals surface area contributed by atoms with Gasteiger partial charge in [0, 0.05) is 36.8 Å². The van der Waals surface area contributed by atoms with Crippen LogP contribution in [0, 0.1) is 0 Å². The van der Waals surface area contributed by atoms with Gasteiger partial charge in [-0.25, -0.2) is 0 Å². The zero-order chi connectivity index (χ0) is 18.0. The lowest BCUT2D eigenvalue weighted by atomic mass is 10.1. The predicted octanol–water partition coefficient (Wildman–Crippen LogP) is 4.74. The Labute approximate surface area is 159 Å². The van der Waals surface area contributed by atoms with Gasteiger partial charge in [-0.05, 0) is 47.9 Å². The lowest BCUT2D eigenvalue weighted by molar-refractivity contribution is -0.131. The molecular formula is C22H24N2OS. The van der Waals surface area contributed by atoms with Crippen LogP contribution in [0.1, 0.15) is 28.8 Å². The van der Waals surface area contributed by atoms with Crippen LogP contribution in [0.15, 0.2) is 72.4 Å². The van der Waals surface area contributed by atoms with Crippen molar-refractivity contribution in [3.8, 4) is 0 Å². The zero-order valence-electron chi connectivity index (χ0n) is 14.9. The van der Waals surface area contributed by atoms with Crippen molar-refractivity contribution >= 4 is 17.2 Å². The van der Waals surface area contributed by atoms with Gasteiger partial charge in [-0.2, -0.15) is 0 Å². The Morgan fingerprint density at radius 1 is 0.962 bits per heavy atom. The minimum atomic E-state index is 0.223. The molecule has 1 amide bonds. The number of nitrogens with zero attached hydrogens (tertiary/aromatic N) is 2. The first kappa shape index (κ1) is 18.3. The number of benzene rings is 1. The van der Waals surface area contributed by atoms with Crippen LogP contribution in [-0.2, 0) is 24.2 Å². The first-order valence-corrected chi connectivity index (χ1v) is 9.92. The fourth-order valence-electron chi connectivity index (χ4n) is 2.95. The third kappa shape index (κ3) is 5.81. The van der Waals surface area contributed by atoms with Gasteiger partial charge in [0.1, 0.15) is 0 Å². The molecule has 0 aliphatic carbocycles. The van der Waals surface area contributed by atoms with E-state index in [1.165, 1.54) is 10.4 Å². The maximum Gasteiger partial charge on any atom is 0.222 e. The van der Waals surface area contributed by atoms with Crippen molar-refractivity contribution in [3.63, 3.8) is 0 Å². The van der Waals surface area contributed by atoms with Crippen LogP contribution >= 0.6 is 11.3 Å². The van der Waals surface area contributed by atoms with Crippen molar-refractivity contribution in [1.29, 1.82) is 0 Å². The molecule has 0 fully saturated rings. The fraction of sp³-hybridized carbons (Fsp3) is 0.273. The molecule has 0 spiro atoms. The van der Waals surface area contributed by atoms with E-state index in [4.69, 9.17) is 0 Å². The summed E-state index contributed by atoms with van der Waals surface area (Å²) in [5.41, 5.74) is 2.37. The van der Waals surface area contributed by atoms with Crippen LogP contribution in [0.3, 0.4) is 0 Å². The molecular weight excluding hydrogens is 340 g/mol. The van der Waals surface area contributed by atoms with Gasteiger partial charge in [-0.3, -0.25) is 9.78 Å². The van der Waals surface area contributed by atoms with Gasteiger partial charge in [-0.1, -0.05) is 42.5 Å². The van der Waals surface area contributed by atoms with Crippen LogP contribution in [0.2, 0.25) is 0 Å². The van der Waals surface area contributed by atoms with Gasteiger partial charge in [0.15, 0.2) is 0 Å². The summed E-state index contributed by atoms with van der Waals surface area (Å²) in [4.78, 5) is 20.3. The summed E-state index contributed by atoms with van der Waals surface area (Å²) in [5, 5.41) is 2.09. The topological polar surface area (TPSA) is 33.2 Å². The molecule has 2 heterocycles. The quantitative estimate of drug-likeness (QED) is 0.549. The number of aromatic nitrogens is 1. The lowest BCUT2D eigenvalue weighted by Gasteiger charge is -2.22. The number of hydrogen-bond acceptors (Lipinski definition) is 3. The third-order valence-corrected chi connectivity index (χ3v) is 5.29. The number of aryl methyl sites for hydroxylation is 1. The van der Waals surface area contributed by atoms with Gasteiger partial charge in [0.2, 0.25) is 5.91 Å². The van der Waals surface area contributed by atoms with Crippen molar-refractivity contribution in [2.45, 2.75) is 32.2 Å². The smallest absolute Gasteiger partial charge is 0.222 e. The first-order valence-electron chi connectivity index (χ1n) is 9.04. The number of thiophene rings is 1. The van der Waals surface area contributed by atoms with Gasteiger partial charge in [0.05, 0.1) is 0 Å². The summed E-state index contributed by atoms with van der Waals surface area (Å²) in [6, 6.07) is 18.5. The second-order valence-electron chi connectivity index (χ2n) is 6.35. The molecule has 3 nitrogen and oxygen atoms in total. The molecule has 0 saturated heterocycles. The molecule has 2 aromatic heterocycles. The van der Waals surface area contributed by atoms with E-state index in [-0.39, 0.29) is 5.91 Å². The van der Waals surface area contributed by atoms with E-state index in [2.05, 4.69) is 34.6 Å². The second kappa shape index (κ2) is 9.88. The molecule has 0 aliphatic heterocycles. The number of carbonyl (C=O) groups excluding carboxylic acids is 1. The summed E-state index contributed by atoms with van der Waals surface area (Å²) in [6.07, 6.45) is 6.92. The molecule has 4 heteroatoms. The molecule has 0 unspecified atom stereocenters. The average molecular weight is 365 g/mol. The van der Waals surface area contributed by atoms with E-state index in [9.17, 15) is 4.79 Å². The summed E-state index contributed by atoms with van der Waals surface area (Å²) >= 11 is 1.75. The second-order valence-corrected chi connectivity index (χ2v) is 7.38. The molecule has 0 atom stereocenters. The zero-order valence-corrected chi connectivity index (χ0v) is 15.7. The first-order chi connectivity index (χ1) is 12.8. The maximum absolute atomic E-state index is 12.8. The van der Waals surface area contributed by atoms with Gasteiger partial charge < -0.3 is 4.90 Å². The predicted molar refractivity (Wildman–Crippen MR) is 107 cm³/mol. The number of hydrogen-bond donors (Lipinski definition) is 0. The van der Waals surface area contributed by atoms with E-state index in [1.807, 2.05) is 41.4 Å². The highest BCUT2D eigenvalue weighted by Crippen LogP contribution is 2.13. The van der Waals surface area contributed by atoms with Crippen LogP contribution in [0.5, 0.6) is 0 Å². The van der Waals surface area contributed by atoms with Crippen LogP contribution in [-0.4, -0.2) is 22.3 Å². The Morgan fingerprint density at radius 3 is 2.54 bits per heavy atom. The van der Waals surface area contributed by atoms with E-state index < -0.39 is 0 Å². The van der Waals surface area contributed by atoms with Crippen molar-refractivity contribution in [1.82, 2.24) is 9.88 Å². The minimum absolute atomic E-state index is 0.223. The molecule has 1 aromatic carbocycles. The molecule has 3 rings (SSSR count). The highest BCUT2D eigenvalue weighted by Gasteiger charge is 2.14. The molecule has 134 valence electrons. The molecule has 0 saturated carbocycles. The highest BCUT2D eigenvalue weighted by molar-refractivity contribution is 7.09. The Hall–Kier alpha value is -2.46. The normalized spacial score (nSPS) is 10.6.